The van der Waals surface area contributed by atoms with Crippen molar-refractivity contribution in [3.8, 4) is 22.6 Å². The van der Waals surface area contributed by atoms with Crippen molar-refractivity contribution in [1.29, 1.82) is 0 Å². The van der Waals surface area contributed by atoms with Crippen molar-refractivity contribution in [3.05, 3.63) is 95.1 Å². The first-order valence-electron chi connectivity index (χ1n) is 24.0. The topological polar surface area (TPSA) is 204 Å². The fraction of sp³-hybridized carbons (Fsp3) is 0.481. The smallest absolute Gasteiger partial charge is 0.326 e. The summed E-state index contributed by atoms with van der Waals surface area (Å²) in [6.07, 6.45) is 12.7. The van der Waals surface area contributed by atoms with Gasteiger partial charge < -0.3 is 31.3 Å². The van der Waals surface area contributed by atoms with Crippen LogP contribution < -0.4 is 11.1 Å². The van der Waals surface area contributed by atoms with Gasteiger partial charge in [0.25, 0.3) is 0 Å². The number of carboxylic acids is 1. The molecule has 0 saturated carbocycles. The summed E-state index contributed by atoms with van der Waals surface area (Å²) in [5.74, 6) is -5.44. The number of aliphatic carboxylic acids is 1. The highest BCUT2D eigenvalue weighted by Crippen LogP contribution is 2.39. The number of likely N-dealkylation sites (N-methyl/N-ethyl adjacent to an activating group) is 1. The summed E-state index contributed by atoms with van der Waals surface area (Å²) in [5.41, 5.74) is 8.76. The Morgan fingerprint density at radius 3 is 2.14 bits per heavy atom. The van der Waals surface area contributed by atoms with Crippen LogP contribution in [0.15, 0.2) is 72.8 Å². The molecule has 0 aliphatic carbocycles. The number of fused-ring (bicyclic) bond motifs is 6. The average Bonchev–Trinajstić information content (AvgIpc) is 3.29. The zero-order valence-corrected chi connectivity index (χ0v) is 39.0. The quantitative estimate of drug-likeness (QED) is 0.0352. The van der Waals surface area contributed by atoms with Crippen LogP contribution >= 0.6 is 0 Å². The molecule has 0 saturated heterocycles. The summed E-state index contributed by atoms with van der Waals surface area (Å²) in [6.45, 7) is 4.13. The molecule has 66 heavy (non-hydrogen) atoms. The number of aromatic hydroxyl groups is 2. The predicted octanol–water partition coefficient (Wildman–Crippen LogP) is 9.58. The highest BCUT2D eigenvalue weighted by molar-refractivity contribution is 6.00. The van der Waals surface area contributed by atoms with E-state index in [1.54, 1.807) is 0 Å². The summed E-state index contributed by atoms with van der Waals surface area (Å²) in [4.78, 5) is 82.6. The first-order valence-corrected chi connectivity index (χ1v) is 24.0. The van der Waals surface area contributed by atoms with Gasteiger partial charge in [-0.25, -0.2) is 4.79 Å². The summed E-state index contributed by atoms with van der Waals surface area (Å²) in [7, 11) is 1.46. The number of phenols is 2. The van der Waals surface area contributed by atoms with Crippen molar-refractivity contribution in [3.63, 3.8) is 0 Å². The van der Waals surface area contributed by atoms with Gasteiger partial charge in [0.05, 0.1) is 0 Å². The van der Waals surface area contributed by atoms with Crippen LogP contribution in [0.1, 0.15) is 150 Å². The van der Waals surface area contributed by atoms with E-state index in [4.69, 9.17) is 5.73 Å². The van der Waals surface area contributed by atoms with E-state index in [9.17, 15) is 44.1 Å². The molecule has 4 aromatic rings. The van der Waals surface area contributed by atoms with E-state index in [2.05, 4.69) is 30.4 Å². The number of ketones is 3. The fourth-order valence-electron chi connectivity index (χ4n) is 9.06. The maximum absolute atomic E-state index is 14.5. The number of amides is 2. The molecule has 1 aliphatic heterocycles. The molecule has 1 aliphatic rings. The largest absolute Gasteiger partial charge is 0.507 e. The Kier molecular flexibility index (Phi) is 19.5. The maximum atomic E-state index is 14.5. The molecule has 0 radical (unpaired) electrons. The van der Waals surface area contributed by atoms with Crippen molar-refractivity contribution in [2.45, 2.75) is 142 Å². The van der Waals surface area contributed by atoms with Crippen LogP contribution in [-0.4, -0.2) is 75.0 Å². The van der Waals surface area contributed by atoms with Gasteiger partial charge in [-0.3, -0.25) is 24.0 Å². The highest BCUT2D eigenvalue weighted by atomic mass is 16.4. The number of unbranched alkanes of at least 4 members (excludes halogenated alkanes) is 8. The predicted molar refractivity (Wildman–Crippen MR) is 257 cm³/mol. The number of benzene rings is 4. The molecular weight excluding hydrogens is 835 g/mol. The van der Waals surface area contributed by atoms with Crippen LogP contribution in [0.25, 0.3) is 21.9 Å². The molecule has 4 bridgehead atoms. The van der Waals surface area contributed by atoms with Gasteiger partial charge in [0.15, 0.2) is 11.6 Å². The van der Waals surface area contributed by atoms with E-state index in [0.29, 0.717) is 48.9 Å². The molecule has 4 atom stereocenters. The summed E-state index contributed by atoms with van der Waals surface area (Å²) in [5, 5.41) is 36.5. The Morgan fingerprint density at radius 1 is 0.758 bits per heavy atom. The van der Waals surface area contributed by atoms with E-state index < -0.39 is 47.5 Å². The van der Waals surface area contributed by atoms with Crippen LogP contribution in [0.4, 0.5) is 0 Å². The van der Waals surface area contributed by atoms with Gasteiger partial charge in [-0.1, -0.05) is 108 Å². The Bertz CT molecular complexity index is 2340. The lowest BCUT2D eigenvalue weighted by Gasteiger charge is -2.32. The Balaban J connectivity index is 1.27. The van der Waals surface area contributed by atoms with Gasteiger partial charge in [-0.05, 0) is 96.4 Å². The van der Waals surface area contributed by atoms with E-state index in [0.717, 1.165) is 23.6 Å². The second-order valence-corrected chi connectivity index (χ2v) is 18.3. The van der Waals surface area contributed by atoms with Gasteiger partial charge in [-0.2, -0.15) is 0 Å². The highest BCUT2D eigenvalue weighted by Gasteiger charge is 2.36. The van der Waals surface area contributed by atoms with Crippen molar-refractivity contribution in [1.82, 2.24) is 10.2 Å². The zero-order valence-electron chi connectivity index (χ0n) is 39.0. The van der Waals surface area contributed by atoms with Crippen molar-refractivity contribution in [2.75, 3.05) is 13.6 Å². The van der Waals surface area contributed by atoms with Crippen molar-refractivity contribution >= 4 is 45.9 Å². The minimum absolute atomic E-state index is 0.0648. The second-order valence-electron chi connectivity index (χ2n) is 18.3. The molecule has 354 valence electrons. The maximum Gasteiger partial charge on any atom is 0.326 e. The first-order chi connectivity index (χ1) is 31.7. The normalized spacial score (nSPS) is 16.9. The Hall–Kier alpha value is -5.88. The summed E-state index contributed by atoms with van der Waals surface area (Å²) in [6, 6.07) is 18.3. The summed E-state index contributed by atoms with van der Waals surface area (Å²) < 4.78 is 0. The molecule has 6 N–H and O–H groups in total. The SMILES string of the molecule is CCCCCCCCCCc1ccc2cc(C(=O)CCCC(=O)C[C@@H](CCCCN)C(=O)N(C)[C@@H]3C(=O)C[C@@H](C)C(=O)N[C@H](C(=O)O)Cc4ccc(O)c(c4)-c4cc3ccc4O)ccc2c1. The lowest BCUT2D eigenvalue weighted by molar-refractivity contribution is -0.144. The molecule has 5 rings (SSSR count). The Morgan fingerprint density at radius 2 is 1.42 bits per heavy atom. The minimum atomic E-state index is -1.35. The third-order valence-electron chi connectivity index (χ3n) is 13.0. The van der Waals surface area contributed by atoms with E-state index >= 15 is 0 Å². The number of aryl methyl sites for hydroxylation is 1. The molecule has 2 amide bonds. The third-order valence-corrected chi connectivity index (χ3v) is 13.0. The molecule has 12 heteroatoms. The molecular formula is C54H69N3O9. The monoisotopic (exact) mass is 904 g/mol. The van der Waals surface area contributed by atoms with Crippen LogP contribution in [-0.2, 0) is 36.8 Å². The lowest BCUT2D eigenvalue weighted by atomic mass is 9.88. The van der Waals surface area contributed by atoms with E-state index in [1.165, 1.54) is 106 Å². The van der Waals surface area contributed by atoms with Crippen LogP contribution in [0.2, 0.25) is 0 Å². The molecule has 4 aromatic carbocycles. The van der Waals surface area contributed by atoms with Gasteiger partial charge in [0.2, 0.25) is 11.8 Å². The number of carbonyl (C=O) groups is 6. The zero-order chi connectivity index (χ0) is 47.8. The molecule has 1 heterocycles. The number of phenolic OH excluding ortho intramolecular Hbond substituents is 2. The van der Waals surface area contributed by atoms with Gasteiger partial charge in [-0.15, -0.1) is 0 Å². The number of nitrogens with zero attached hydrogens (tertiary/aromatic N) is 1. The van der Waals surface area contributed by atoms with E-state index in [1.807, 2.05) is 18.2 Å². The Labute approximate surface area is 389 Å². The molecule has 0 spiro atoms. The van der Waals surface area contributed by atoms with Gasteiger partial charge >= 0.3 is 5.97 Å². The number of hydrogen-bond acceptors (Lipinski definition) is 9. The first kappa shape index (κ1) is 51.1. The molecule has 0 fully saturated rings. The standard InChI is InChI=1S/C54H69N3O9/c1-4-5-6-7-8-9-10-11-15-36-19-21-39-32-40(23-22-38(39)29-36)47(59)18-14-17-43(58)33-42(16-12-13-27-55)53(64)57(3)51-41-24-26-49(61)45(34-41)44-30-37(20-25-48(44)60)31-46(54(65)66)56-52(63)35(2)28-50(51)62/h19-26,29-30,32,34-35,42,46,51,60-61H,4-18,27-28,31,33,55H2,1-3H3,(H,56,63)(H,65,66)/t35-,42-,46+,51+/m1/s1. The number of nitrogens with two attached hydrogens (primary N) is 1. The third kappa shape index (κ3) is 14.3. The molecule has 12 nitrogen and oxygen atoms in total. The van der Waals surface area contributed by atoms with Crippen molar-refractivity contribution < 1.29 is 44.1 Å². The lowest BCUT2D eigenvalue weighted by Crippen LogP contribution is -2.45. The van der Waals surface area contributed by atoms with Crippen molar-refractivity contribution in [2.24, 2.45) is 17.6 Å². The number of nitrogens with one attached hydrogen (secondary N) is 1. The van der Waals surface area contributed by atoms with Crippen LogP contribution in [0, 0.1) is 11.8 Å². The number of hydrogen-bond donors (Lipinski definition) is 5. The fourth-order valence-corrected chi connectivity index (χ4v) is 9.06. The number of rotatable bonds is 23. The van der Waals surface area contributed by atoms with Gasteiger partial charge in [0.1, 0.15) is 29.4 Å². The average molecular weight is 904 g/mol. The van der Waals surface area contributed by atoms with Gasteiger partial charge in [0, 0.05) is 67.7 Å². The molecule has 0 unspecified atom stereocenters. The molecule has 0 aromatic heterocycles. The summed E-state index contributed by atoms with van der Waals surface area (Å²) >= 11 is 0. The minimum Gasteiger partial charge on any atom is -0.507 e. The van der Waals surface area contributed by atoms with Crippen LogP contribution in [0.3, 0.4) is 0 Å². The van der Waals surface area contributed by atoms with Crippen LogP contribution in [0.5, 0.6) is 11.5 Å². The second kappa shape index (κ2) is 25.1. The number of carbonyl (C=O) groups excluding carboxylic acids is 5. The number of carboxylic acid groups (broad SMARTS) is 1. The number of Topliss-reactive ketones (excluding diaryl/α,β-unsaturated/α-hetero) is 3. The van der Waals surface area contributed by atoms with E-state index in [-0.39, 0.29) is 66.3 Å².